The number of hydrogen-bond acceptors (Lipinski definition) is 5. The molecule has 2 heterocycles. The number of aryl methyl sites for hydroxylation is 1. The number of fused-ring (bicyclic) bond motifs is 1. The van der Waals surface area contributed by atoms with Gasteiger partial charge in [0.1, 0.15) is 12.0 Å². The summed E-state index contributed by atoms with van der Waals surface area (Å²) in [5, 5.41) is 13.9. The number of benzene rings is 1. The van der Waals surface area contributed by atoms with Gasteiger partial charge in [-0.2, -0.15) is 0 Å². The van der Waals surface area contributed by atoms with E-state index in [-0.39, 0.29) is 11.6 Å². The summed E-state index contributed by atoms with van der Waals surface area (Å²) in [5.41, 5.74) is 3.14. The number of nitrogens with one attached hydrogen (secondary N) is 1. The number of amides is 1. The van der Waals surface area contributed by atoms with Crippen molar-refractivity contribution < 1.29 is 9.72 Å². The minimum Gasteiger partial charge on any atom is -0.370 e. The second kappa shape index (κ2) is 7.95. The molecule has 2 aromatic rings. The molecule has 0 bridgehead atoms. The number of carbonyl (C=O) groups is 1. The molecule has 1 aliphatic heterocycles. The van der Waals surface area contributed by atoms with Crippen LogP contribution in [0.2, 0.25) is 0 Å². The summed E-state index contributed by atoms with van der Waals surface area (Å²) in [7, 11) is 0. The maximum atomic E-state index is 12.4. The Balaban J connectivity index is 1.45. The molecule has 1 aromatic heterocycles. The summed E-state index contributed by atoms with van der Waals surface area (Å²) in [5.74, 6) is 0.751. The van der Waals surface area contributed by atoms with Crippen molar-refractivity contribution in [2.45, 2.75) is 32.7 Å². The van der Waals surface area contributed by atoms with E-state index in [1.54, 1.807) is 13.0 Å². The van der Waals surface area contributed by atoms with Crippen molar-refractivity contribution in [3.63, 3.8) is 0 Å². The van der Waals surface area contributed by atoms with Crippen LogP contribution in [-0.2, 0) is 17.8 Å². The zero-order valence-corrected chi connectivity index (χ0v) is 14.8. The van der Waals surface area contributed by atoms with Crippen LogP contribution in [0.5, 0.6) is 0 Å². The number of hydrogen-bond donors (Lipinski definition) is 1. The van der Waals surface area contributed by atoms with Crippen LogP contribution in [0, 0.1) is 17.0 Å². The second-order valence-electron chi connectivity index (χ2n) is 6.48. The Morgan fingerprint density at radius 3 is 2.85 bits per heavy atom. The molecule has 1 aliphatic rings. The zero-order chi connectivity index (χ0) is 18.5. The maximum absolute atomic E-state index is 12.4. The topological polar surface area (TPSA) is 88.4 Å². The standard InChI is InChI=1S/C19H22N4O3/c1-14-11-18(21-12-17(14)23(25)26)20-9-4-7-19(24)22-10-8-15-5-2-3-6-16(15)13-22/h2-3,5-6,11-12H,4,7-10,13H2,1H3,(H,20,21). The third kappa shape index (κ3) is 4.17. The van der Waals surface area contributed by atoms with Gasteiger partial charge in [0.25, 0.3) is 5.69 Å². The highest BCUT2D eigenvalue weighted by atomic mass is 16.6. The lowest BCUT2D eigenvalue weighted by atomic mass is 9.99. The number of nitrogens with zero attached hydrogens (tertiary/aromatic N) is 3. The highest BCUT2D eigenvalue weighted by Crippen LogP contribution is 2.20. The lowest BCUT2D eigenvalue weighted by Gasteiger charge is -2.29. The molecule has 136 valence electrons. The number of nitro groups is 1. The molecular weight excluding hydrogens is 332 g/mol. The molecule has 0 unspecified atom stereocenters. The van der Waals surface area contributed by atoms with Gasteiger partial charge in [0.2, 0.25) is 5.91 Å². The van der Waals surface area contributed by atoms with Gasteiger partial charge in [-0.15, -0.1) is 0 Å². The highest BCUT2D eigenvalue weighted by Gasteiger charge is 2.19. The summed E-state index contributed by atoms with van der Waals surface area (Å²) in [6.07, 6.45) is 3.33. The number of rotatable bonds is 6. The number of aromatic nitrogens is 1. The predicted molar refractivity (Wildman–Crippen MR) is 98.9 cm³/mol. The quantitative estimate of drug-likeness (QED) is 0.489. The monoisotopic (exact) mass is 354 g/mol. The number of anilines is 1. The fourth-order valence-corrected chi connectivity index (χ4v) is 3.16. The van der Waals surface area contributed by atoms with Crippen LogP contribution >= 0.6 is 0 Å². The third-order valence-corrected chi connectivity index (χ3v) is 4.64. The summed E-state index contributed by atoms with van der Waals surface area (Å²) in [6, 6.07) is 9.91. The fraction of sp³-hybridized carbons (Fsp3) is 0.368. The lowest BCUT2D eigenvalue weighted by Crippen LogP contribution is -2.35. The minimum absolute atomic E-state index is 0.0103. The van der Waals surface area contributed by atoms with Crippen LogP contribution in [0.4, 0.5) is 11.5 Å². The van der Waals surface area contributed by atoms with Gasteiger partial charge >= 0.3 is 0 Å². The maximum Gasteiger partial charge on any atom is 0.290 e. The van der Waals surface area contributed by atoms with E-state index in [0.29, 0.717) is 37.3 Å². The van der Waals surface area contributed by atoms with Crippen molar-refractivity contribution >= 4 is 17.4 Å². The van der Waals surface area contributed by atoms with Crippen molar-refractivity contribution in [1.82, 2.24) is 9.88 Å². The van der Waals surface area contributed by atoms with Crippen LogP contribution in [0.25, 0.3) is 0 Å². The van der Waals surface area contributed by atoms with Gasteiger partial charge in [-0.05, 0) is 37.0 Å². The summed E-state index contributed by atoms with van der Waals surface area (Å²) >= 11 is 0. The highest BCUT2D eigenvalue weighted by molar-refractivity contribution is 5.76. The van der Waals surface area contributed by atoms with E-state index in [1.807, 2.05) is 17.0 Å². The SMILES string of the molecule is Cc1cc(NCCCC(=O)N2CCc3ccccc3C2)ncc1[N+](=O)[O-]. The van der Waals surface area contributed by atoms with E-state index in [0.717, 1.165) is 13.0 Å². The van der Waals surface area contributed by atoms with Crippen LogP contribution in [0.1, 0.15) is 29.5 Å². The number of carbonyl (C=O) groups excluding carboxylic acids is 1. The molecule has 0 radical (unpaired) electrons. The third-order valence-electron chi connectivity index (χ3n) is 4.64. The first-order valence-electron chi connectivity index (χ1n) is 8.74. The molecule has 0 saturated carbocycles. The molecule has 3 rings (SSSR count). The molecule has 7 nitrogen and oxygen atoms in total. The van der Waals surface area contributed by atoms with E-state index in [9.17, 15) is 14.9 Å². The van der Waals surface area contributed by atoms with Crippen molar-refractivity contribution in [1.29, 1.82) is 0 Å². The second-order valence-corrected chi connectivity index (χ2v) is 6.48. The smallest absolute Gasteiger partial charge is 0.290 e. The fourth-order valence-electron chi connectivity index (χ4n) is 3.16. The van der Waals surface area contributed by atoms with Crippen LogP contribution in [0.15, 0.2) is 36.5 Å². The van der Waals surface area contributed by atoms with Crippen molar-refractivity contribution in [2.75, 3.05) is 18.4 Å². The largest absolute Gasteiger partial charge is 0.370 e. The summed E-state index contributed by atoms with van der Waals surface area (Å²) < 4.78 is 0. The molecule has 1 amide bonds. The molecule has 0 atom stereocenters. The van der Waals surface area contributed by atoms with E-state index in [4.69, 9.17) is 0 Å². The Kier molecular flexibility index (Phi) is 5.46. The Morgan fingerprint density at radius 1 is 1.35 bits per heavy atom. The van der Waals surface area contributed by atoms with Crippen LogP contribution < -0.4 is 5.32 Å². The molecule has 0 spiro atoms. The lowest BCUT2D eigenvalue weighted by molar-refractivity contribution is -0.385. The van der Waals surface area contributed by atoms with Crippen molar-refractivity contribution in [2.24, 2.45) is 0 Å². The Labute approximate surface area is 152 Å². The molecule has 1 N–H and O–H groups in total. The Hall–Kier alpha value is -2.96. The average molecular weight is 354 g/mol. The molecule has 1 aromatic carbocycles. The molecule has 26 heavy (non-hydrogen) atoms. The van der Waals surface area contributed by atoms with Gasteiger partial charge < -0.3 is 10.2 Å². The van der Waals surface area contributed by atoms with Crippen LogP contribution in [0.3, 0.4) is 0 Å². The zero-order valence-electron chi connectivity index (χ0n) is 14.8. The Bertz CT molecular complexity index is 822. The molecule has 0 saturated heterocycles. The normalized spacial score (nSPS) is 13.2. The van der Waals surface area contributed by atoms with Gasteiger partial charge in [0.05, 0.1) is 4.92 Å². The summed E-state index contributed by atoms with van der Waals surface area (Å²) in [4.78, 5) is 28.7. The van der Waals surface area contributed by atoms with Crippen molar-refractivity contribution in [3.8, 4) is 0 Å². The molecule has 7 heteroatoms. The van der Waals surface area contributed by atoms with Gasteiger partial charge in [-0.25, -0.2) is 4.98 Å². The first kappa shape index (κ1) is 17.8. The van der Waals surface area contributed by atoms with Gasteiger partial charge in [0, 0.05) is 31.6 Å². The van der Waals surface area contributed by atoms with Crippen LogP contribution in [-0.4, -0.2) is 33.8 Å². The van der Waals surface area contributed by atoms with E-state index >= 15 is 0 Å². The molecule has 0 fully saturated rings. The van der Waals surface area contributed by atoms with Gasteiger partial charge in [0.15, 0.2) is 0 Å². The first-order valence-corrected chi connectivity index (χ1v) is 8.74. The Morgan fingerprint density at radius 2 is 2.12 bits per heavy atom. The van der Waals surface area contributed by atoms with E-state index in [2.05, 4.69) is 22.4 Å². The average Bonchev–Trinajstić information content (AvgIpc) is 2.64. The summed E-state index contributed by atoms with van der Waals surface area (Å²) in [6.45, 7) is 3.74. The van der Waals surface area contributed by atoms with E-state index in [1.165, 1.54) is 17.3 Å². The number of pyridine rings is 1. The van der Waals surface area contributed by atoms with Crippen molar-refractivity contribution in [3.05, 3.63) is 63.3 Å². The van der Waals surface area contributed by atoms with Gasteiger partial charge in [-0.1, -0.05) is 24.3 Å². The first-order chi connectivity index (χ1) is 12.5. The minimum atomic E-state index is -0.443. The molecular formula is C19H22N4O3. The van der Waals surface area contributed by atoms with E-state index < -0.39 is 4.92 Å². The molecule has 0 aliphatic carbocycles. The predicted octanol–water partition coefficient (Wildman–Crippen LogP) is 3.08. The van der Waals surface area contributed by atoms with Gasteiger partial charge in [-0.3, -0.25) is 14.9 Å².